The topological polar surface area (TPSA) is 72.7 Å². The lowest BCUT2D eigenvalue weighted by molar-refractivity contribution is 0.00629. The minimum absolute atomic E-state index is 0.149. The molecule has 0 N–H and O–H groups in total. The summed E-state index contributed by atoms with van der Waals surface area (Å²) in [6.07, 6.45) is 4.52. The van der Waals surface area contributed by atoms with Crippen LogP contribution in [0.3, 0.4) is 0 Å². The highest BCUT2D eigenvalue weighted by Crippen LogP contribution is 2.52. The molecule has 1 aromatic heterocycles. The van der Waals surface area contributed by atoms with Crippen LogP contribution in [0.4, 0.5) is 10.6 Å². The SMILES string of the molecule is CC1CC12CN(c1ncc(C#N)cc1Cl)CCN2C1CCN(C(=O)OC(C)(C)C)CC1. The maximum absolute atomic E-state index is 12.4. The molecule has 31 heavy (non-hydrogen) atoms. The second kappa shape index (κ2) is 8.14. The minimum Gasteiger partial charge on any atom is -0.444 e. The Hall–Kier alpha value is -2.04. The number of anilines is 1. The van der Waals surface area contributed by atoms with Gasteiger partial charge in [0.1, 0.15) is 17.5 Å². The second-order valence-corrected chi connectivity index (χ2v) is 10.6. The average molecular weight is 446 g/mol. The van der Waals surface area contributed by atoms with Crippen molar-refractivity contribution in [2.45, 2.75) is 64.1 Å². The lowest BCUT2D eigenvalue weighted by atomic mass is 9.97. The van der Waals surface area contributed by atoms with Gasteiger partial charge in [0.2, 0.25) is 0 Å². The van der Waals surface area contributed by atoms with Crippen molar-refractivity contribution in [1.29, 1.82) is 5.26 Å². The molecule has 7 nitrogen and oxygen atoms in total. The predicted octanol–water partition coefficient (Wildman–Crippen LogP) is 3.91. The van der Waals surface area contributed by atoms with Crippen molar-refractivity contribution in [3.8, 4) is 6.07 Å². The first-order valence-corrected chi connectivity index (χ1v) is 11.6. The fourth-order valence-corrected chi connectivity index (χ4v) is 5.47. The van der Waals surface area contributed by atoms with Crippen molar-refractivity contribution in [2.24, 2.45) is 5.92 Å². The van der Waals surface area contributed by atoms with Gasteiger partial charge in [0.15, 0.2) is 0 Å². The number of likely N-dealkylation sites (tertiary alicyclic amines) is 1. The van der Waals surface area contributed by atoms with E-state index in [0.717, 1.165) is 51.4 Å². The van der Waals surface area contributed by atoms with E-state index >= 15 is 0 Å². The van der Waals surface area contributed by atoms with Crippen molar-refractivity contribution in [3.05, 3.63) is 22.8 Å². The van der Waals surface area contributed by atoms with Gasteiger partial charge in [-0.3, -0.25) is 4.90 Å². The van der Waals surface area contributed by atoms with Crippen LogP contribution >= 0.6 is 11.6 Å². The molecular weight excluding hydrogens is 414 g/mol. The van der Waals surface area contributed by atoms with Crippen LogP contribution in [0.2, 0.25) is 5.02 Å². The molecular formula is C23H32ClN5O2. The van der Waals surface area contributed by atoms with Gasteiger partial charge >= 0.3 is 6.09 Å². The van der Waals surface area contributed by atoms with Crippen molar-refractivity contribution in [2.75, 3.05) is 37.6 Å². The first-order chi connectivity index (χ1) is 14.6. The molecule has 2 atom stereocenters. The smallest absolute Gasteiger partial charge is 0.410 e. The molecule has 8 heteroatoms. The number of nitrogens with zero attached hydrogens (tertiary/aromatic N) is 5. The van der Waals surface area contributed by atoms with Gasteiger partial charge in [0, 0.05) is 50.5 Å². The molecule has 168 valence electrons. The highest BCUT2D eigenvalue weighted by molar-refractivity contribution is 6.33. The number of aromatic nitrogens is 1. The van der Waals surface area contributed by atoms with Gasteiger partial charge in [-0.15, -0.1) is 0 Å². The first-order valence-electron chi connectivity index (χ1n) is 11.2. The molecule has 2 saturated heterocycles. The van der Waals surface area contributed by atoms with E-state index in [1.807, 2.05) is 25.7 Å². The van der Waals surface area contributed by atoms with E-state index in [-0.39, 0.29) is 11.6 Å². The molecule has 0 aromatic carbocycles. The number of carbonyl (C=O) groups is 1. The third kappa shape index (κ3) is 4.47. The largest absolute Gasteiger partial charge is 0.444 e. The quantitative estimate of drug-likeness (QED) is 0.687. The van der Waals surface area contributed by atoms with Crippen LogP contribution in [-0.4, -0.2) is 70.8 Å². The average Bonchev–Trinajstić information content (AvgIpc) is 3.35. The van der Waals surface area contributed by atoms with Crippen molar-refractivity contribution in [1.82, 2.24) is 14.8 Å². The third-order valence-electron chi connectivity index (χ3n) is 6.87. The monoisotopic (exact) mass is 445 g/mol. The molecule has 2 unspecified atom stereocenters. The molecule has 4 rings (SSSR count). The Morgan fingerprint density at radius 2 is 1.97 bits per heavy atom. The van der Waals surface area contributed by atoms with Crippen LogP contribution in [0.5, 0.6) is 0 Å². The van der Waals surface area contributed by atoms with Gasteiger partial charge in [-0.25, -0.2) is 9.78 Å². The van der Waals surface area contributed by atoms with E-state index in [2.05, 4.69) is 27.8 Å². The van der Waals surface area contributed by atoms with Crippen molar-refractivity contribution < 1.29 is 9.53 Å². The molecule has 1 spiro atoms. The van der Waals surface area contributed by atoms with Crippen LogP contribution in [0.25, 0.3) is 0 Å². The summed E-state index contributed by atoms with van der Waals surface area (Å²) in [4.78, 5) is 23.7. The van der Waals surface area contributed by atoms with E-state index in [1.165, 1.54) is 6.42 Å². The molecule has 1 aliphatic carbocycles. The zero-order valence-electron chi connectivity index (χ0n) is 18.9. The summed E-state index contributed by atoms with van der Waals surface area (Å²) in [5, 5.41) is 9.62. The maximum atomic E-state index is 12.4. The molecule has 3 fully saturated rings. The summed E-state index contributed by atoms with van der Waals surface area (Å²) in [5.74, 6) is 1.40. The van der Waals surface area contributed by atoms with Gasteiger partial charge in [-0.2, -0.15) is 5.26 Å². The van der Waals surface area contributed by atoms with Crippen LogP contribution in [-0.2, 0) is 4.74 Å². The summed E-state index contributed by atoms with van der Waals surface area (Å²) in [5.41, 5.74) is 0.174. The highest BCUT2D eigenvalue weighted by Gasteiger charge is 2.59. The van der Waals surface area contributed by atoms with Crippen LogP contribution in [0.15, 0.2) is 12.3 Å². The fourth-order valence-electron chi connectivity index (χ4n) is 5.18. The van der Waals surface area contributed by atoms with Crippen molar-refractivity contribution in [3.63, 3.8) is 0 Å². The van der Waals surface area contributed by atoms with Gasteiger partial charge < -0.3 is 14.5 Å². The molecule has 3 aliphatic rings. The molecule has 1 amide bonds. The van der Waals surface area contributed by atoms with E-state index in [1.54, 1.807) is 12.3 Å². The normalized spacial score (nSPS) is 27.3. The summed E-state index contributed by atoms with van der Waals surface area (Å²) < 4.78 is 5.55. The Morgan fingerprint density at radius 3 is 2.52 bits per heavy atom. The Morgan fingerprint density at radius 1 is 1.29 bits per heavy atom. The first kappa shape index (κ1) is 22.2. The number of amides is 1. The van der Waals surface area contributed by atoms with E-state index in [9.17, 15) is 4.79 Å². The van der Waals surface area contributed by atoms with Gasteiger partial charge in [-0.05, 0) is 52.0 Å². The van der Waals surface area contributed by atoms with E-state index in [0.29, 0.717) is 22.5 Å². The number of hydrogen-bond donors (Lipinski definition) is 0. The number of rotatable bonds is 2. The number of piperazine rings is 1. The summed E-state index contributed by atoms with van der Waals surface area (Å²) in [6.45, 7) is 12.2. The molecule has 3 heterocycles. The molecule has 0 bridgehead atoms. The molecule has 0 radical (unpaired) electrons. The number of carbonyl (C=O) groups excluding carboxylic acids is 1. The van der Waals surface area contributed by atoms with Crippen molar-refractivity contribution >= 4 is 23.5 Å². The van der Waals surface area contributed by atoms with Crippen LogP contribution < -0.4 is 4.90 Å². The Balaban J connectivity index is 1.41. The molecule has 1 saturated carbocycles. The lowest BCUT2D eigenvalue weighted by Gasteiger charge is -2.49. The van der Waals surface area contributed by atoms with Crippen LogP contribution in [0.1, 0.15) is 52.5 Å². The Bertz CT molecular complexity index is 887. The minimum atomic E-state index is -0.460. The number of ether oxygens (including phenoxy) is 1. The number of pyridine rings is 1. The number of halogens is 1. The number of hydrogen-bond acceptors (Lipinski definition) is 6. The summed E-state index contributed by atoms with van der Waals surface area (Å²) in [7, 11) is 0. The zero-order chi connectivity index (χ0) is 22.4. The zero-order valence-corrected chi connectivity index (χ0v) is 19.7. The van der Waals surface area contributed by atoms with Crippen LogP contribution in [0, 0.1) is 17.2 Å². The van der Waals surface area contributed by atoms with E-state index < -0.39 is 5.60 Å². The predicted molar refractivity (Wildman–Crippen MR) is 120 cm³/mol. The second-order valence-electron chi connectivity index (χ2n) is 10.2. The standard InChI is InChI=1S/C23H32ClN5O2/c1-16-12-23(16)15-28(20-19(24)11-17(13-25)14-26-20)9-10-29(23)18-5-7-27(8-6-18)21(30)31-22(2,3)4/h11,14,16,18H,5-10,12,15H2,1-4H3. The summed E-state index contributed by atoms with van der Waals surface area (Å²) in [6, 6.07) is 4.28. The fraction of sp³-hybridized carbons (Fsp3) is 0.696. The number of nitriles is 1. The molecule has 2 aliphatic heterocycles. The third-order valence-corrected chi connectivity index (χ3v) is 7.15. The lowest BCUT2D eigenvalue weighted by Crippen LogP contribution is -2.61. The van der Waals surface area contributed by atoms with Gasteiger partial charge in [-0.1, -0.05) is 18.5 Å². The Labute approximate surface area is 189 Å². The summed E-state index contributed by atoms with van der Waals surface area (Å²) >= 11 is 6.45. The van der Waals surface area contributed by atoms with E-state index in [4.69, 9.17) is 21.6 Å². The van der Waals surface area contributed by atoms with Gasteiger partial charge in [0.05, 0.1) is 10.6 Å². The van der Waals surface area contributed by atoms with Gasteiger partial charge in [0.25, 0.3) is 0 Å². The Kier molecular flexibility index (Phi) is 5.82. The maximum Gasteiger partial charge on any atom is 0.410 e. The molecule has 1 aromatic rings. The highest BCUT2D eigenvalue weighted by atomic mass is 35.5. The number of piperidine rings is 1.